The van der Waals surface area contributed by atoms with Crippen LogP contribution in [-0.4, -0.2) is 34.6 Å². The number of carbonyl (C=O) groups excluding carboxylic acids is 1. The van der Waals surface area contributed by atoms with E-state index in [1.54, 1.807) is 31.4 Å². The number of carbonyl (C=O) groups is 1. The number of anilines is 3. The smallest absolute Gasteiger partial charge is 0.344 e. The number of benzene rings is 2. The first-order valence-electron chi connectivity index (χ1n) is 8.48. The highest BCUT2D eigenvalue weighted by Gasteiger charge is 2.11. The Morgan fingerprint density at radius 1 is 1.10 bits per heavy atom. The second-order valence-corrected chi connectivity index (χ2v) is 6.58. The highest BCUT2D eigenvalue weighted by atomic mass is 79.9. The number of rotatable bonds is 8. The first-order chi connectivity index (χ1) is 14.0. The van der Waals surface area contributed by atoms with E-state index >= 15 is 0 Å². The lowest BCUT2D eigenvalue weighted by Crippen LogP contribution is -2.16. The maximum Gasteiger partial charge on any atom is 0.344 e. The summed E-state index contributed by atoms with van der Waals surface area (Å²) >= 11 is 3.33. The van der Waals surface area contributed by atoms with Gasteiger partial charge in [-0.3, -0.25) is 0 Å². The zero-order valence-electron chi connectivity index (χ0n) is 15.5. The van der Waals surface area contributed by atoms with Crippen LogP contribution in [0.4, 0.5) is 17.6 Å². The molecule has 0 saturated carbocycles. The van der Waals surface area contributed by atoms with Gasteiger partial charge in [-0.05, 0) is 36.4 Å². The van der Waals surface area contributed by atoms with Gasteiger partial charge < -0.3 is 25.3 Å². The summed E-state index contributed by atoms with van der Waals surface area (Å²) in [6.07, 6.45) is 0. The van der Waals surface area contributed by atoms with Crippen LogP contribution in [-0.2, 0) is 16.1 Å². The van der Waals surface area contributed by atoms with Crippen molar-refractivity contribution in [3.8, 4) is 11.5 Å². The predicted molar refractivity (Wildman–Crippen MR) is 110 cm³/mol. The summed E-state index contributed by atoms with van der Waals surface area (Å²) in [6.45, 7) is -0.412. The third-order valence-corrected chi connectivity index (χ3v) is 4.11. The molecule has 0 spiro atoms. The lowest BCUT2D eigenvalue weighted by Gasteiger charge is -2.11. The van der Waals surface area contributed by atoms with Gasteiger partial charge in [0, 0.05) is 4.47 Å². The Morgan fingerprint density at radius 3 is 2.62 bits per heavy atom. The van der Waals surface area contributed by atoms with Crippen molar-refractivity contribution < 1.29 is 19.0 Å². The number of nitrogen functional groups attached to an aromatic ring is 1. The third kappa shape index (κ3) is 6.04. The van der Waals surface area contributed by atoms with Crippen molar-refractivity contribution in [2.45, 2.75) is 6.61 Å². The molecule has 0 aliphatic carbocycles. The van der Waals surface area contributed by atoms with Gasteiger partial charge >= 0.3 is 5.97 Å². The SMILES string of the molecule is COc1ccccc1Nc1nc(N)nc(COC(=O)COc2ccc(Br)cc2)n1. The fourth-order valence-corrected chi connectivity index (χ4v) is 2.55. The second-order valence-electron chi connectivity index (χ2n) is 5.66. The third-order valence-electron chi connectivity index (χ3n) is 3.59. The maximum absolute atomic E-state index is 11.9. The van der Waals surface area contributed by atoms with E-state index in [0.717, 1.165) is 4.47 Å². The second kappa shape index (κ2) is 9.69. The van der Waals surface area contributed by atoms with Crippen LogP contribution in [0, 0.1) is 0 Å². The van der Waals surface area contributed by atoms with E-state index < -0.39 is 5.97 Å². The molecule has 0 amide bonds. The lowest BCUT2D eigenvalue weighted by atomic mass is 10.3. The van der Waals surface area contributed by atoms with Gasteiger partial charge in [0.25, 0.3) is 0 Å². The Kier molecular flexibility index (Phi) is 6.80. The highest BCUT2D eigenvalue weighted by Crippen LogP contribution is 2.25. The Bertz CT molecular complexity index is 985. The van der Waals surface area contributed by atoms with Crippen molar-refractivity contribution >= 4 is 39.5 Å². The van der Waals surface area contributed by atoms with Crippen molar-refractivity contribution in [3.05, 3.63) is 58.8 Å². The van der Waals surface area contributed by atoms with Gasteiger partial charge in [-0.1, -0.05) is 28.1 Å². The average molecular weight is 460 g/mol. The number of hydrogen-bond donors (Lipinski definition) is 2. The number of nitrogens with one attached hydrogen (secondary N) is 1. The summed E-state index contributed by atoms with van der Waals surface area (Å²) in [5.41, 5.74) is 6.39. The molecule has 29 heavy (non-hydrogen) atoms. The molecular formula is C19H18BrN5O4. The summed E-state index contributed by atoms with van der Waals surface area (Å²) in [5.74, 6) is 1.01. The van der Waals surface area contributed by atoms with Gasteiger partial charge in [0.15, 0.2) is 19.0 Å². The van der Waals surface area contributed by atoms with Gasteiger partial charge in [0.2, 0.25) is 11.9 Å². The first-order valence-corrected chi connectivity index (χ1v) is 9.27. The quantitative estimate of drug-likeness (QED) is 0.489. The van der Waals surface area contributed by atoms with Gasteiger partial charge in [-0.25, -0.2) is 4.79 Å². The molecule has 2 aromatic carbocycles. The highest BCUT2D eigenvalue weighted by molar-refractivity contribution is 9.10. The number of methoxy groups -OCH3 is 1. The molecule has 0 atom stereocenters. The minimum Gasteiger partial charge on any atom is -0.495 e. The maximum atomic E-state index is 11.9. The number of aromatic nitrogens is 3. The number of esters is 1. The molecule has 9 nitrogen and oxygen atoms in total. The van der Waals surface area contributed by atoms with Gasteiger partial charge in [0.05, 0.1) is 12.8 Å². The van der Waals surface area contributed by atoms with Crippen LogP contribution in [0.15, 0.2) is 53.0 Å². The molecule has 0 fully saturated rings. The number of hydrogen-bond acceptors (Lipinski definition) is 9. The molecule has 3 N–H and O–H groups in total. The number of ether oxygens (including phenoxy) is 3. The van der Waals surface area contributed by atoms with Gasteiger partial charge in [-0.15, -0.1) is 0 Å². The first kappa shape index (κ1) is 20.3. The normalized spacial score (nSPS) is 10.3. The van der Waals surface area contributed by atoms with E-state index in [-0.39, 0.29) is 30.9 Å². The van der Waals surface area contributed by atoms with Crippen LogP contribution in [0.2, 0.25) is 0 Å². The Hall–Kier alpha value is -3.40. The summed E-state index contributed by atoms with van der Waals surface area (Å²) in [5, 5.41) is 3.01. The van der Waals surface area contributed by atoms with E-state index in [1.807, 2.05) is 24.3 Å². The van der Waals surface area contributed by atoms with E-state index in [1.165, 1.54) is 0 Å². The predicted octanol–water partition coefficient (Wildman–Crippen LogP) is 3.09. The minimum atomic E-state index is -0.564. The van der Waals surface area contributed by atoms with Crippen molar-refractivity contribution in [3.63, 3.8) is 0 Å². The van der Waals surface area contributed by atoms with Crippen molar-refractivity contribution in [1.82, 2.24) is 15.0 Å². The molecule has 0 unspecified atom stereocenters. The van der Waals surface area contributed by atoms with E-state index in [2.05, 4.69) is 36.2 Å². The minimum absolute atomic E-state index is 0.00504. The number of nitrogens with zero attached hydrogens (tertiary/aromatic N) is 3. The molecule has 0 bridgehead atoms. The largest absolute Gasteiger partial charge is 0.495 e. The van der Waals surface area contributed by atoms with Crippen LogP contribution >= 0.6 is 15.9 Å². The topological polar surface area (TPSA) is 121 Å². The average Bonchev–Trinajstić information content (AvgIpc) is 2.72. The molecule has 0 aliphatic heterocycles. The molecule has 3 aromatic rings. The Morgan fingerprint density at radius 2 is 1.86 bits per heavy atom. The zero-order chi connectivity index (χ0) is 20.6. The van der Waals surface area contributed by atoms with Crippen LogP contribution in [0.25, 0.3) is 0 Å². The Labute approximate surface area is 175 Å². The fraction of sp³-hybridized carbons (Fsp3) is 0.158. The molecule has 3 rings (SSSR count). The van der Waals surface area contributed by atoms with Gasteiger partial charge in [-0.2, -0.15) is 15.0 Å². The van der Waals surface area contributed by atoms with Crippen molar-refractivity contribution in [2.75, 3.05) is 24.8 Å². The lowest BCUT2D eigenvalue weighted by molar-refractivity contribution is -0.147. The monoisotopic (exact) mass is 459 g/mol. The summed E-state index contributed by atoms with van der Waals surface area (Å²) in [4.78, 5) is 24.1. The molecule has 0 radical (unpaired) electrons. The fourth-order valence-electron chi connectivity index (χ4n) is 2.29. The van der Waals surface area contributed by atoms with Crippen molar-refractivity contribution in [1.29, 1.82) is 0 Å². The van der Waals surface area contributed by atoms with Crippen LogP contribution in [0.1, 0.15) is 5.82 Å². The standard InChI is InChI=1S/C19H18BrN5O4/c1-27-15-5-3-2-4-14(15)22-19-24-16(23-18(21)25-19)10-29-17(26)11-28-13-8-6-12(20)7-9-13/h2-9H,10-11H2,1H3,(H3,21,22,23,24,25). The summed E-state index contributed by atoms with van der Waals surface area (Å²) < 4.78 is 16.7. The van der Waals surface area contributed by atoms with Crippen LogP contribution < -0.4 is 20.5 Å². The zero-order valence-corrected chi connectivity index (χ0v) is 17.0. The number of para-hydroxylation sites is 2. The molecule has 1 aromatic heterocycles. The molecule has 0 saturated heterocycles. The van der Waals surface area contributed by atoms with Crippen LogP contribution in [0.5, 0.6) is 11.5 Å². The van der Waals surface area contributed by atoms with Crippen LogP contribution in [0.3, 0.4) is 0 Å². The van der Waals surface area contributed by atoms with E-state index in [4.69, 9.17) is 19.9 Å². The van der Waals surface area contributed by atoms with E-state index in [0.29, 0.717) is 17.2 Å². The van der Waals surface area contributed by atoms with Crippen molar-refractivity contribution in [2.24, 2.45) is 0 Å². The molecule has 10 heteroatoms. The number of halogens is 1. The summed E-state index contributed by atoms with van der Waals surface area (Å²) in [7, 11) is 1.56. The molecule has 1 heterocycles. The molecule has 150 valence electrons. The summed E-state index contributed by atoms with van der Waals surface area (Å²) in [6, 6.07) is 14.4. The molecule has 0 aliphatic rings. The Balaban J connectivity index is 1.58. The van der Waals surface area contributed by atoms with E-state index in [9.17, 15) is 4.79 Å². The van der Waals surface area contributed by atoms with Gasteiger partial charge in [0.1, 0.15) is 11.5 Å². The number of nitrogens with two attached hydrogens (primary N) is 1. The molecular weight excluding hydrogens is 442 g/mol.